The van der Waals surface area contributed by atoms with Crippen LogP contribution in [0.4, 0.5) is 0 Å². The number of carbonyl (C=O) groups is 1. The fraction of sp³-hybridized carbons (Fsp3) is 0.500. The summed E-state index contributed by atoms with van der Waals surface area (Å²) in [6.45, 7) is 3.72. The molecular formula is C16H22N6O3S. The number of hydrogen-bond donors (Lipinski definition) is 1. The highest BCUT2D eigenvalue weighted by atomic mass is 32.2. The Labute approximate surface area is 152 Å². The van der Waals surface area contributed by atoms with Gasteiger partial charge in [-0.15, -0.1) is 0 Å². The molecule has 0 spiro atoms. The van der Waals surface area contributed by atoms with Crippen LogP contribution in [0.5, 0.6) is 0 Å². The Morgan fingerprint density at radius 2 is 2.12 bits per heavy atom. The fourth-order valence-corrected chi connectivity index (χ4v) is 3.47. The van der Waals surface area contributed by atoms with Gasteiger partial charge in [-0.2, -0.15) is 5.10 Å². The molecule has 1 atom stereocenters. The number of aryl methyl sites for hydroxylation is 1. The number of carbonyl (C=O) groups excluding carboxylic acids is 1. The van der Waals surface area contributed by atoms with E-state index in [4.69, 9.17) is 0 Å². The van der Waals surface area contributed by atoms with Crippen LogP contribution in [0.1, 0.15) is 28.3 Å². The van der Waals surface area contributed by atoms with Crippen LogP contribution in [0.3, 0.4) is 0 Å². The summed E-state index contributed by atoms with van der Waals surface area (Å²) < 4.78 is 26.9. The maximum absolute atomic E-state index is 12.9. The lowest BCUT2D eigenvalue weighted by Crippen LogP contribution is -2.35. The fourth-order valence-electron chi connectivity index (χ4n) is 2.98. The van der Waals surface area contributed by atoms with Crippen LogP contribution in [0.15, 0.2) is 24.7 Å². The van der Waals surface area contributed by atoms with Crippen molar-refractivity contribution < 1.29 is 13.2 Å². The molecule has 1 aliphatic rings. The van der Waals surface area contributed by atoms with Gasteiger partial charge in [0, 0.05) is 32.0 Å². The summed E-state index contributed by atoms with van der Waals surface area (Å²) in [6, 6.07) is 1.89. The topological polar surface area (TPSA) is 110 Å². The van der Waals surface area contributed by atoms with E-state index in [1.807, 2.05) is 17.7 Å². The Bertz CT molecular complexity index is 878. The van der Waals surface area contributed by atoms with Crippen molar-refractivity contribution >= 4 is 15.9 Å². The maximum atomic E-state index is 12.9. The summed E-state index contributed by atoms with van der Waals surface area (Å²) in [6.07, 6.45) is 6.51. The van der Waals surface area contributed by atoms with Gasteiger partial charge in [-0.1, -0.05) is 0 Å². The van der Waals surface area contributed by atoms with Crippen LogP contribution in [0.2, 0.25) is 0 Å². The van der Waals surface area contributed by atoms with Crippen LogP contribution in [-0.4, -0.2) is 58.3 Å². The summed E-state index contributed by atoms with van der Waals surface area (Å²) in [5.41, 5.74) is 1.99. The molecule has 0 radical (unpaired) electrons. The van der Waals surface area contributed by atoms with Crippen molar-refractivity contribution in [3.8, 4) is 0 Å². The number of amides is 1. The first kappa shape index (κ1) is 18.5. The van der Waals surface area contributed by atoms with Crippen molar-refractivity contribution in [3.05, 3.63) is 41.7 Å². The SMILES string of the molecule is Cc1cnc(C(=O)N2Cc3ccnn3C[C@@H](CCNS(C)(=O)=O)C2)cn1. The molecule has 0 aliphatic carbocycles. The van der Waals surface area contributed by atoms with Gasteiger partial charge < -0.3 is 4.90 Å². The average Bonchev–Trinajstić information content (AvgIpc) is 2.92. The Morgan fingerprint density at radius 1 is 1.31 bits per heavy atom. The molecule has 2 aromatic rings. The largest absolute Gasteiger partial charge is 0.331 e. The molecule has 10 heteroatoms. The van der Waals surface area contributed by atoms with E-state index in [0.717, 1.165) is 17.6 Å². The first-order chi connectivity index (χ1) is 12.3. The summed E-state index contributed by atoms with van der Waals surface area (Å²) >= 11 is 0. The third-order valence-corrected chi connectivity index (χ3v) is 5.00. The van der Waals surface area contributed by atoms with Crippen molar-refractivity contribution in [1.82, 2.24) is 29.4 Å². The number of nitrogens with one attached hydrogen (secondary N) is 1. The number of nitrogens with zero attached hydrogens (tertiary/aromatic N) is 5. The van der Waals surface area contributed by atoms with Gasteiger partial charge in [0.15, 0.2) is 0 Å². The minimum atomic E-state index is -3.23. The van der Waals surface area contributed by atoms with Gasteiger partial charge in [-0.3, -0.25) is 14.5 Å². The van der Waals surface area contributed by atoms with Gasteiger partial charge in [0.05, 0.1) is 30.4 Å². The Kier molecular flexibility index (Phi) is 5.33. The van der Waals surface area contributed by atoms with E-state index >= 15 is 0 Å². The quantitative estimate of drug-likeness (QED) is 0.795. The minimum Gasteiger partial charge on any atom is -0.331 e. The molecule has 3 heterocycles. The number of rotatable bonds is 5. The molecule has 140 valence electrons. The summed E-state index contributed by atoms with van der Waals surface area (Å²) in [7, 11) is -3.23. The molecular weight excluding hydrogens is 356 g/mol. The van der Waals surface area contributed by atoms with E-state index < -0.39 is 10.0 Å². The monoisotopic (exact) mass is 378 g/mol. The number of fused-ring (bicyclic) bond motifs is 1. The van der Waals surface area contributed by atoms with E-state index in [2.05, 4.69) is 19.8 Å². The van der Waals surface area contributed by atoms with E-state index in [1.165, 1.54) is 6.20 Å². The standard InChI is InChI=1S/C16H22N6O3S/c1-12-7-18-15(8-17-12)16(23)21-9-13(3-6-20-26(2,24)25)10-22-14(11-21)4-5-19-22/h4-5,7-8,13,20H,3,6,9-11H2,1-2H3/t13-/m0/s1. The van der Waals surface area contributed by atoms with E-state index in [0.29, 0.717) is 38.3 Å². The van der Waals surface area contributed by atoms with Crippen molar-refractivity contribution in [2.75, 3.05) is 19.3 Å². The molecule has 1 N–H and O–H groups in total. The lowest BCUT2D eigenvalue weighted by molar-refractivity contribution is 0.0712. The molecule has 0 bridgehead atoms. The Morgan fingerprint density at radius 3 is 2.81 bits per heavy atom. The number of hydrogen-bond acceptors (Lipinski definition) is 6. The molecule has 9 nitrogen and oxygen atoms in total. The van der Waals surface area contributed by atoms with E-state index in [1.54, 1.807) is 17.3 Å². The molecule has 0 saturated carbocycles. The zero-order valence-electron chi connectivity index (χ0n) is 14.8. The minimum absolute atomic E-state index is 0.0766. The smallest absolute Gasteiger partial charge is 0.274 e. The summed E-state index contributed by atoms with van der Waals surface area (Å²) in [5, 5.41) is 4.31. The molecule has 0 saturated heterocycles. The first-order valence-corrected chi connectivity index (χ1v) is 10.2. The molecule has 3 rings (SSSR count). The lowest BCUT2D eigenvalue weighted by atomic mass is 10.1. The highest BCUT2D eigenvalue weighted by molar-refractivity contribution is 7.88. The summed E-state index contributed by atoms with van der Waals surface area (Å²) in [5.74, 6) is -0.110. The highest BCUT2D eigenvalue weighted by Gasteiger charge is 2.27. The van der Waals surface area contributed by atoms with Crippen LogP contribution in [-0.2, 0) is 23.1 Å². The van der Waals surface area contributed by atoms with Crippen molar-refractivity contribution in [2.24, 2.45) is 5.92 Å². The van der Waals surface area contributed by atoms with Crippen LogP contribution < -0.4 is 4.72 Å². The zero-order chi connectivity index (χ0) is 18.7. The normalized spacial score (nSPS) is 17.6. The Hall–Kier alpha value is -2.33. The highest BCUT2D eigenvalue weighted by Crippen LogP contribution is 2.19. The first-order valence-electron chi connectivity index (χ1n) is 8.35. The van der Waals surface area contributed by atoms with Gasteiger partial charge in [0.2, 0.25) is 10.0 Å². The van der Waals surface area contributed by atoms with Crippen LogP contribution >= 0.6 is 0 Å². The average molecular weight is 378 g/mol. The molecule has 0 fully saturated rings. The molecule has 2 aromatic heterocycles. The molecule has 26 heavy (non-hydrogen) atoms. The van der Waals surface area contributed by atoms with Crippen LogP contribution in [0.25, 0.3) is 0 Å². The number of aromatic nitrogens is 4. The predicted octanol–water partition coefficient (Wildman–Crippen LogP) is 0.193. The number of sulfonamides is 1. The van der Waals surface area contributed by atoms with E-state index in [9.17, 15) is 13.2 Å². The summed E-state index contributed by atoms with van der Waals surface area (Å²) in [4.78, 5) is 22.9. The van der Waals surface area contributed by atoms with Gasteiger partial charge in [0.25, 0.3) is 5.91 Å². The van der Waals surface area contributed by atoms with Crippen molar-refractivity contribution in [2.45, 2.75) is 26.4 Å². The third kappa shape index (κ3) is 4.64. The second-order valence-corrected chi connectivity index (χ2v) is 8.39. The third-order valence-electron chi connectivity index (χ3n) is 4.27. The second kappa shape index (κ2) is 7.50. The molecule has 1 aliphatic heterocycles. The predicted molar refractivity (Wildman–Crippen MR) is 94.7 cm³/mol. The molecule has 1 amide bonds. The molecule has 0 aromatic carbocycles. The zero-order valence-corrected chi connectivity index (χ0v) is 15.6. The second-order valence-electron chi connectivity index (χ2n) is 6.55. The van der Waals surface area contributed by atoms with Gasteiger partial charge in [0.1, 0.15) is 5.69 Å². The van der Waals surface area contributed by atoms with Gasteiger partial charge in [-0.25, -0.2) is 18.1 Å². The van der Waals surface area contributed by atoms with E-state index in [-0.39, 0.29) is 11.8 Å². The molecule has 0 unspecified atom stereocenters. The Balaban J connectivity index is 1.76. The maximum Gasteiger partial charge on any atom is 0.274 e. The lowest BCUT2D eigenvalue weighted by Gasteiger charge is -2.23. The van der Waals surface area contributed by atoms with Crippen molar-refractivity contribution in [1.29, 1.82) is 0 Å². The van der Waals surface area contributed by atoms with Gasteiger partial charge >= 0.3 is 0 Å². The van der Waals surface area contributed by atoms with Gasteiger partial charge in [-0.05, 0) is 25.3 Å². The van der Waals surface area contributed by atoms with Crippen LogP contribution in [0, 0.1) is 12.8 Å². The van der Waals surface area contributed by atoms with Crippen molar-refractivity contribution in [3.63, 3.8) is 0 Å².